The molecule has 7 nitrogen and oxygen atoms in total. The van der Waals surface area contributed by atoms with Gasteiger partial charge >= 0.3 is 12.0 Å². The van der Waals surface area contributed by atoms with E-state index >= 15 is 0 Å². The van der Waals surface area contributed by atoms with Crippen molar-refractivity contribution in [2.45, 2.75) is 13.0 Å². The Labute approximate surface area is 119 Å². The highest BCUT2D eigenvalue weighted by atomic mass is 19.1. The van der Waals surface area contributed by atoms with Crippen molar-refractivity contribution in [1.82, 2.24) is 15.3 Å². The molecule has 1 heterocycles. The van der Waals surface area contributed by atoms with Gasteiger partial charge in [-0.15, -0.1) is 0 Å². The second kappa shape index (κ2) is 6.04. The van der Waals surface area contributed by atoms with Crippen molar-refractivity contribution in [3.05, 3.63) is 47.8 Å². The molecule has 0 bridgehead atoms. The van der Waals surface area contributed by atoms with Crippen LogP contribution in [-0.2, 0) is 0 Å². The lowest BCUT2D eigenvalue weighted by molar-refractivity contribution is 0.0697. The molecule has 0 saturated heterocycles. The number of carbonyl (C=O) groups excluding carboxylic acids is 1. The predicted molar refractivity (Wildman–Crippen MR) is 72.5 cm³/mol. The van der Waals surface area contributed by atoms with E-state index in [2.05, 4.69) is 20.6 Å². The van der Waals surface area contributed by atoms with Crippen molar-refractivity contribution in [3.63, 3.8) is 0 Å². The van der Waals surface area contributed by atoms with Gasteiger partial charge < -0.3 is 20.7 Å². The van der Waals surface area contributed by atoms with Crippen LogP contribution in [0.4, 0.5) is 14.9 Å². The summed E-state index contributed by atoms with van der Waals surface area (Å²) in [6.07, 6.45) is 3.16. The first-order valence-corrected chi connectivity index (χ1v) is 6.07. The van der Waals surface area contributed by atoms with Crippen LogP contribution in [0.15, 0.2) is 30.6 Å². The van der Waals surface area contributed by atoms with Crippen molar-refractivity contribution in [3.8, 4) is 0 Å². The summed E-state index contributed by atoms with van der Waals surface area (Å²) < 4.78 is 13.6. The van der Waals surface area contributed by atoms with Gasteiger partial charge in [0.25, 0.3) is 0 Å². The highest BCUT2D eigenvalue weighted by Gasteiger charge is 2.14. The second-order valence-electron chi connectivity index (χ2n) is 4.29. The van der Waals surface area contributed by atoms with Crippen molar-refractivity contribution >= 4 is 17.7 Å². The molecule has 1 unspecified atom stereocenters. The maximum absolute atomic E-state index is 13.6. The average molecular weight is 292 g/mol. The molecule has 8 heteroatoms. The van der Waals surface area contributed by atoms with E-state index in [1.807, 2.05) is 0 Å². The number of carboxylic acids is 1. The first kappa shape index (κ1) is 14.5. The zero-order valence-electron chi connectivity index (χ0n) is 11.1. The number of aromatic nitrogens is 2. The number of aromatic amines is 1. The molecule has 110 valence electrons. The van der Waals surface area contributed by atoms with E-state index in [0.29, 0.717) is 5.82 Å². The molecule has 2 amide bonds. The van der Waals surface area contributed by atoms with Gasteiger partial charge in [-0.05, 0) is 25.1 Å². The summed E-state index contributed by atoms with van der Waals surface area (Å²) in [5.41, 5.74) is -0.329. The minimum Gasteiger partial charge on any atom is -0.478 e. The highest BCUT2D eigenvalue weighted by Crippen LogP contribution is 2.16. The Kier molecular flexibility index (Phi) is 4.17. The van der Waals surface area contributed by atoms with Crippen molar-refractivity contribution in [2.75, 3.05) is 5.32 Å². The fourth-order valence-corrected chi connectivity index (χ4v) is 1.69. The number of amides is 2. The van der Waals surface area contributed by atoms with Gasteiger partial charge in [-0.25, -0.2) is 19.0 Å². The minimum atomic E-state index is -1.21. The number of rotatable bonds is 4. The fraction of sp³-hybridized carbons (Fsp3) is 0.154. The van der Waals surface area contributed by atoms with Gasteiger partial charge in [0.1, 0.15) is 11.6 Å². The predicted octanol–water partition coefficient (Wildman–Crippen LogP) is 2.13. The third kappa shape index (κ3) is 3.56. The molecule has 1 aromatic heterocycles. The number of H-pyrrole nitrogens is 1. The summed E-state index contributed by atoms with van der Waals surface area (Å²) >= 11 is 0. The molecule has 1 aromatic carbocycles. The normalized spacial score (nSPS) is 11.7. The molecule has 0 fully saturated rings. The molecule has 4 N–H and O–H groups in total. The molecule has 0 saturated carbocycles. The van der Waals surface area contributed by atoms with Crippen LogP contribution >= 0.6 is 0 Å². The number of aromatic carboxylic acids is 1. The number of hydrogen-bond donors (Lipinski definition) is 4. The zero-order chi connectivity index (χ0) is 15.4. The van der Waals surface area contributed by atoms with Crippen LogP contribution in [0.5, 0.6) is 0 Å². The van der Waals surface area contributed by atoms with Crippen molar-refractivity contribution in [2.24, 2.45) is 0 Å². The third-order valence-corrected chi connectivity index (χ3v) is 2.74. The van der Waals surface area contributed by atoms with E-state index in [9.17, 15) is 14.0 Å². The Balaban J connectivity index is 2.05. The van der Waals surface area contributed by atoms with E-state index in [4.69, 9.17) is 5.11 Å². The molecule has 0 aliphatic heterocycles. The van der Waals surface area contributed by atoms with Crippen LogP contribution in [0.3, 0.4) is 0 Å². The number of anilines is 1. The Morgan fingerprint density at radius 2 is 2.19 bits per heavy atom. The van der Waals surface area contributed by atoms with Crippen LogP contribution in [0.2, 0.25) is 0 Å². The third-order valence-electron chi connectivity index (χ3n) is 2.74. The molecule has 1 atom stereocenters. The largest absolute Gasteiger partial charge is 0.478 e. The molecule has 21 heavy (non-hydrogen) atoms. The Bertz CT molecular complexity index is 657. The van der Waals surface area contributed by atoms with Crippen LogP contribution in [0, 0.1) is 5.82 Å². The summed E-state index contributed by atoms with van der Waals surface area (Å²) in [5.74, 6) is -1.38. The van der Waals surface area contributed by atoms with Gasteiger partial charge in [-0.3, -0.25) is 0 Å². The van der Waals surface area contributed by atoms with E-state index in [0.717, 1.165) is 18.2 Å². The highest BCUT2D eigenvalue weighted by molar-refractivity contribution is 5.93. The van der Waals surface area contributed by atoms with Crippen LogP contribution < -0.4 is 10.6 Å². The Morgan fingerprint density at radius 3 is 2.81 bits per heavy atom. The van der Waals surface area contributed by atoms with E-state index in [1.54, 1.807) is 19.3 Å². The van der Waals surface area contributed by atoms with Crippen LogP contribution in [0.1, 0.15) is 29.1 Å². The molecule has 0 aliphatic rings. The molecular weight excluding hydrogens is 279 g/mol. The topological polar surface area (TPSA) is 107 Å². The first-order valence-electron chi connectivity index (χ1n) is 6.07. The second-order valence-corrected chi connectivity index (χ2v) is 4.29. The van der Waals surface area contributed by atoms with Crippen molar-refractivity contribution < 1.29 is 19.1 Å². The number of halogens is 1. The average Bonchev–Trinajstić information content (AvgIpc) is 2.95. The number of benzene rings is 1. The summed E-state index contributed by atoms with van der Waals surface area (Å²) in [6, 6.07) is 2.07. The quantitative estimate of drug-likeness (QED) is 0.692. The lowest BCUT2D eigenvalue weighted by Gasteiger charge is -2.13. The van der Waals surface area contributed by atoms with Gasteiger partial charge in [0.2, 0.25) is 0 Å². The maximum atomic E-state index is 13.6. The van der Waals surface area contributed by atoms with Crippen LogP contribution in [-0.4, -0.2) is 27.1 Å². The minimum absolute atomic E-state index is 0.120. The lowest BCUT2D eigenvalue weighted by Crippen LogP contribution is -2.32. The smallest absolute Gasteiger partial charge is 0.335 e. The SMILES string of the molecule is CC(NC(=O)Nc1cc(C(=O)O)ccc1F)c1ncc[nH]1. The van der Waals surface area contributed by atoms with E-state index < -0.39 is 23.9 Å². The van der Waals surface area contributed by atoms with Gasteiger partial charge in [0, 0.05) is 12.4 Å². The fourth-order valence-electron chi connectivity index (χ4n) is 1.69. The monoisotopic (exact) mass is 292 g/mol. The number of carbonyl (C=O) groups is 2. The number of nitrogens with one attached hydrogen (secondary N) is 3. The van der Waals surface area contributed by atoms with E-state index in [-0.39, 0.29) is 11.3 Å². The standard InChI is InChI=1S/C13H13FN4O3/c1-7(11-15-4-5-16-11)17-13(21)18-10-6-8(12(19)20)2-3-9(10)14/h2-7H,1H3,(H,15,16)(H,19,20)(H2,17,18,21). The zero-order valence-corrected chi connectivity index (χ0v) is 11.1. The molecule has 2 aromatic rings. The number of imidazole rings is 1. The molecular formula is C13H13FN4O3. The van der Waals surface area contributed by atoms with E-state index in [1.165, 1.54) is 0 Å². The number of hydrogen-bond acceptors (Lipinski definition) is 3. The van der Waals surface area contributed by atoms with Gasteiger partial charge in [-0.1, -0.05) is 0 Å². The molecule has 0 spiro atoms. The maximum Gasteiger partial charge on any atom is 0.335 e. The molecule has 2 rings (SSSR count). The Morgan fingerprint density at radius 1 is 1.43 bits per heavy atom. The van der Waals surface area contributed by atoms with Crippen molar-refractivity contribution in [1.29, 1.82) is 0 Å². The summed E-state index contributed by atoms with van der Waals surface area (Å²) in [7, 11) is 0. The number of nitrogens with zero attached hydrogens (tertiary/aromatic N) is 1. The lowest BCUT2D eigenvalue weighted by atomic mass is 10.2. The Hall–Kier alpha value is -2.90. The first-order chi connectivity index (χ1) is 9.97. The van der Waals surface area contributed by atoms with Gasteiger partial charge in [0.15, 0.2) is 0 Å². The number of carboxylic acid groups (broad SMARTS) is 1. The summed E-state index contributed by atoms with van der Waals surface area (Å²) in [6.45, 7) is 1.70. The molecule has 0 aliphatic carbocycles. The van der Waals surface area contributed by atoms with Gasteiger partial charge in [-0.2, -0.15) is 0 Å². The summed E-state index contributed by atoms with van der Waals surface area (Å²) in [5, 5.41) is 13.7. The van der Waals surface area contributed by atoms with Crippen LogP contribution in [0.25, 0.3) is 0 Å². The number of urea groups is 1. The van der Waals surface area contributed by atoms with Gasteiger partial charge in [0.05, 0.1) is 17.3 Å². The molecule has 0 radical (unpaired) electrons. The summed E-state index contributed by atoms with van der Waals surface area (Å²) in [4.78, 5) is 29.4.